The number of carbonyl (C=O) groups excluding carboxylic acids is 3. The second kappa shape index (κ2) is 9.54. The lowest BCUT2D eigenvalue weighted by Gasteiger charge is -2.30. The van der Waals surface area contributed by atoms with E-state index < -0.39 is 23.7 Å². The maximum absolute atomic E-state index is 12.7. The van der Waals surface area contributed by atoms with Crippen LogP contribution in [-0.4, -0.2) is 77.7 Å². The van der Waals surface area contributed by atoms with Gasteiger partial charge in [0.15, 0.2) is 0 Å². The summed E-state index contributed by atoms with van der Waals surface area (Å²) < 4.78 is 10.8. The van der Waals surface area contributed by atoms with E-state index >= 15 is 0 Å². The zero-order valence-corrected chi connectivity index (χ0v) is 18.8. The fourth-order valence-corrected chi connectivity index (χ4v) is 4.84. The summed E-state index contributed by atoms with van der Waals surface area (Å²) >= 11 is 0. The number of rotatable bonds is 5. The van der Waals surface area contributed by atoms with Crippen molar-refractivity contribution in [1.29, 1.82) is 0 Å². The molecule has 3 fully saturated rings. The highest BCUT2D eigenvalue weighted by molar-refractivity contribution is 5.83. The third-order valence-corrected chi connectivity index (χ3v) is 6.21. The number of nitrogens with one attached hydrogen (secondary N) is 1. The zero-order valence-electron chi connectivity index (χ0n) is 18.8. The number of ether oxygens (including phenoxy) is 2. The number of hydrogen-bond acceptors (Lipinski definition) is 6. The molecule has 1 aliphatic carbocycles. The van der Waals surface area contributed by atoms with Gasteiger partial charge in [0.1, 0.15) is 11.6 Å². The smallest absolute Gasteiger partial charge is 0.411 e. The Morgan fingerprint density at radius 3 is 2.37 bits per heavy atom. The number of likely N-dealkylation sites (tertiary alicyclic amines) is 2. The van der Waals surface area contributed by atoms with Crippen LogP contribution in [0.15, 0.2) is 0 Å². The average Bonchev–Trinajstić information content (AvgIpc) is 3.41. The zero-order chi connectivity index (χ0) is 21.9. The Morgan fingerprint density at radius 2 is 1.73 bits per heavy atom. The van der Waals surface area contributed by atoms with Gasteiger partial charge in [-0.05, 0) is 53.4 Å². The molecule has 1 saturated carbocycles. The van der Waals surface area contributed by atoms with Gasteiger partial charge in [-0.3, -0.25) is 9.69 Å². The molecule has 0 aromatic carbocycles. The molecule has 3 atom stereocenters. The first-order valence-corrected chi connectivity index (χ1v) is 11.4. The van der Waals surface area contributed by atoms with E-state index in [0.29, 0.717) is 19.5 Å². The second-order valence-corrected chi connectivity index (χ2v) is 9.68. The third kappa shape index (κ3) is 5.45. The molecular weight excluding hydrogens is 386 g/mol. The summed E-state index contributed by atoms with van der Waals surface area (Å²) in [6.45, 7) is 9.30. The molecule has 0 aromatic heterocycles. The van der Waals surface area contributed by atoms with Gasteiger partial charge in [0, 0.05) is 37.6 Å². The van der Waals surface area contributed by atoms with Crippen molar-refractivity contribution in [3.8, 4) is 0 Å². The Balaban J connectivity index is 1.62. The first kappa shape index (κ1) is 22.8. The molecule has 0 bridgehead atoms. The van der Waals surface area contributed by atoms with Crippen LogP contribution in [0.25, 0.3) is 0 Å². The lowest BCUT2D eigenvalue weighted by Crippen LogP contribution is -2.53. The van der Waals surface area contributed by atoms with Crippen molar-refractivity contribution in [3.05, 3.63) is 0 Å². The van der Waals surface area contributed by atoms with Gasteiger partial charge in [0.25, 0.3) is 0 Å². The van der Waals surface area contributed by atoms with Gasteiger partial charge in [0.05, 0.1) is 6.61 Å². The molecule has 0 aromatic rings. The van der Waals surface area contributed by atoms with Crippen LogP contribution in [0.1, 0.15) is 66.2 Å². The van der Waals surface area contributed by atoms with Gasteiger partial charge < -0.3 is 19.7 Å². The molecule has 30 heavy (non-hydrogen) atoms. The Kier molecular flexibility index (Phi) is 7.26. The van der Waals surface area contributed by atoms with Crippen molar-refractivity contribution in [3.63, 3.8) is 0 Å². The van der Waals surface area contributed by atoms with E-state index in [-0.39, 0.29) is 30.5 Å². The molecule has 8 nitrogen and oxygen atoms in total. The van der Waals surface area contributed by atoms with Gasteiger partial charge in [-0.15, -0.1) is 0 Å². The van der Waals surface area contributed by atoms with Crippen LogP contribution in [-0.2, 0) is 19.1 Å². The molecule has 2 amide bonds. The van der Waals surface area contributed by atoms with Crippen LogP contribution >= 0.6 is 0 Å². The topological polar surface area (TPSA) is 88.2 Å². The summed E-state index contributed by atoms with van der Waals surface area (Å²) in [5, 5.41) is 3.55. The third-order valence-electron chi connectivity index (χ3n) is 6.21. The Bertz CT molecular complexity index is 641. The van der Waals surface area contributed by atoms with Crippen molar-refractivity contribution in [2.75, 3.05) is 26.2 Å². The predicted octanol–water partition coefficient (Wildman–Crippen LogP) is 2.31. The van der Waals surface area contributed by atoms with Crippen LogP contribution in [0.3, 0.4) is 0 Å². The van der Waals surface area contributed by atoms with Crippen molar-refractivity contribution in [2.45, 2.75) is 89.9 Å². The van der Waals surface area contributed by atoms with Crippen molar-refractivity contribution in [2.24, 2.45) is 5.92 Å². The average molecular weight is 424 g/mol. The lowest BCUT2D eigenvalue weighted by molar-refractivity contribution is -0.149. The Labute approximate surface area is 179 Å². The maximum atomic E-state index is 12.7. The van der Waals surface area contributed by atoms with E-state index in [9.17, 15) is 14.4 Å². The molecule has 170 valence electrons. The van der Waals surface area contributed by atoms with Gasteiger partial charge in [-0.2, -0.15) is 0 Å². The molecular formula is C22H37N3O5. The fourth-order valence-electron chi connectivity index (χ4n) is 4.84. The quantitative estimate of drug-likeness (QED) is 0.683. The molecule has 0 spiro atoms. The van der Waals surface area contributed by atoms with Crippen LogP contribution in [0.2, 0.25) is 0 Å². The highest BCUT2D eigenvalue weighted by atomic mass is 16.6. The maximum Gasteiger partial charge on any atom is 0.411 e. The lowest BCUT2D eigenvalue weighted by atomic mass is 10.1. The van der Waals surface area contributed by atoms with Crippen molar-refractivity contribution < 1.29 is 23.9 Å². The van der Waals surface area contributed by atoms with Crippen LogP contribution < -0.4 is 5.32 Å². The number of carbonyl (C=O) groups is 3. The molecule has 3 aliphatic rings. The van der Waals surface area contributed by atoms with E-state index in [1.807, 2.05) is 25.7 Å². The highest BCUT2D eigenvalue weighted by Crippen LogP contribution is 2.29. The summed E-state index contributed by atoms with van der Waals surface area (Å²) in [7, 11) is 0. The van der Waals surface area contributed by atoms with E-state index in [1.54, 1.807) is 6.92 Å². The molecule has 2 heterocycles. The molecule has 3 rings (SSSR count). The largest absolute Gasteiger partial charge is 0.464 e. The van der Waals surface area contributed by atoms with Gasteiger partial charge in [-0.25, -0.2) is 9.59 Å². The minimum absolute atomic E-state index is 0.121. The predicted molar refractivity (Wildman–Crippen MR) is 112 cm³/mol. The van der Waals surface area contributed by atoms with E-state index in [4.69, 9.17) is 9.47 Å². The van der Waals surface area contributed by atoms with Gasteiger partial charge >= 0.3 is 12.1 Å². The standard InChI is InChI=1S/C22H37N3O5/c1-5-29-20(27)18-17(11-13-25(18)21(28)30-22(2,3)4)23-16-10-12-24(14-16)19(26)15-8-6-7-9-15/h15-18,23H,5-14H2,1-4H3/t16-,17-,18-/m0/s1. The van der Waals surface area contributed by atoms with E-state index in [1.165, 1.54) is 4.90 Å². The van der Waals surface area contributed by atoms with Crippen molar-refractivity contribution >= 4 is 18.0 Å². The monoisotopic (exact) mass is 423 g/mol. The number of nitrogens with zero attached hydrogens (tertiary/aromatic N) is 2. The van der Waals surface area contributed by atoms with Gasteiger partial charge in [-0.1, -0.05) is 12.8 Å². The number of hydrogen-bond donors (Lipinski definition) is 1. The Morgan fingerprint density at radius 1 is 1.03 bits per heavy atom. The van der Waals surface area contributed by atoms with Crippen molar-refractivity contribution in [1.82, 2.24) is 15.1 Å². The summed E-state index contributed by atoms with van der Waals surface area (Å²) in [4.78, 5) is 41.5. The van der Waals surface area contributed by atoms with E-state index in [0.717, 1.165) is 38.6 Å². The first-order chi connectivity index (χ1) is 14.2. The van der Waals surface area contributed by atoms with Crippen LogP contribution in [0.5, 0.6) is 0 Å². The number of esters is 1. The second-order valence-electron chi connectivity index (χ2n) is 9.68. The molecule has 2 aliphatic heterocycles. The van der Waals surface area contributed by atoms with Crippen LogP contribution in [0, 0.1) is 5.92 Å². The fraction of sp³-hybridized carbons (Fsp3) is 0.864. The highest BCUT2D eigenvalue weighted by Gasteiger charge is 2.45. The van der Waals surface area contributed by atoms with Gasteiger partial charge in [0.2, 0.25) is 5.91 Å². The molecule has 1 N–H and O–H groups in total. The molecule has 0 unspecified atom stereocenters. The SMILES string of the molecule is CCOC(=O)[C@@H]1[C@@H](N[C@H]2CCN(C(=O)C3CCCC3)C2)CCN1C(=O)OC(C)(C)C. The van der Waals surface area contributed by atoms with E-state index in [2.05, 4.69) is 5.32 Å². The summed E-state index contributed by atoms with van der Waals surface area (Å²) in [6, 6.07) is -0.793. The summed E-state index contributed by atoms with van der Waals surface area (Å²) in [5.74, 6) is 0.0564. The Hall–Kier alpha value is -1.83. The molecule has 8 heteroatoms. The minimum Gasteiger partial charge on any atom is -0.464 e. The summed E-state index contributed by atoms with van der Waals surface area (Å²) in [6.07, 6.45) is 5.32. The summed E-state index contributed by atoms with van der Waals surface area (Å²) in [5.41, 5.74) is -0.631. The minimum atomic E-state index is -0.709. The number of amides is 2. The molecule has 0 radical (unpaired) electrons. The van der Waals surface area contributed by atoms with Crippen LogP contribution in [0.4, 0.5) is 4.79 Å². The molecule has 2 saturated heterocycles. The first-order valence-electron chi connectivity index (χ1n) is 11.4. The normalized spacial score (nSPS) is 27.5.